The van der Waals surface area contributed by atoms with Gasteiger partial charge in [-0.05, 0) is 49.2 Å². The number of ether oxygens (including phenoxy) is 1. The number of aryl methyl sites for hydroxylation is 1. The highest BCUT2D eigenvalue weighted by atomic mass is 32.2. The van der Waals surface area contributed by atoms with E-state index in [2.05, 4.69) is 5.32 Å². The molecule has 212 valence electrons. The number of carbonyl (C=O) groups is 2. The summed E-state index contributed by atoms with van der Waals surface area (Å²) in [6.07, 6.45) is 0.289. The largest absolute Gasteiger partial charge is 0.497 e. The Morgan fingerprint density at radius 3 is 2.25 bits per heavy atom. The summed E-state index contributed by atoms with van der Waals surface area (Å²) in [6, 6.07) is 17.8. The van der Waals surface area contributed by atoms with Gasteiger partial charge < -0.3 is 15.0 Å². The molecule has 0 radical (unpaired) electrons. The second-order valence-corrected chi connectivity index (χ2v) is 10.8. The molecule has 40 heavy (non-hydrogen) atoms. The van der Waals surface area contributed by atoms with E-state index in [-0.39, 0.29) is 35.1 Å². The minimum Gasteiger partial charge on any atom is -0.497 e. The van der Waals surface area contributed by atoms with Crippen molar-refractivity contribution >= 4 is 33.2 Å². The van der Waals surface area contributed by atoms with Gasteiger partial charge >= 0.3 is 0 Å². The number of hydrogen-bond donors (Lipinski definition) is 1. The minimum absolute atomic E-state index is 0.0676. The summed E-state index contributed by atoms with van der Waals surface area (Å²) in [5.74, 6) is -0.546. The van der Waals surface area contributed by atoms with Gasteiger partial charge in [0.2, 0.25) is 11.8 Å². The molecule has 0 aliphatic rings. The molecule has 1 N–H and O–H groups in total. The number of likely N-dealkylation sites (N-methyl/N-ethyl adjacent to an activating group) is 1. The standard InChI is InChI=1S/C28H32N4O7S/c1-5-25(28(34)29-3)30(18-21-9-7-6-8-10-21)27(33)19-31(22-12-14-23(39-4)15-13-22)40(37,38)24-16-11-20(2)26(17-24)32(35)36/h6-17,25H,5,18-19H2,1-4H3,(H,29,34). The Bertz CT molecular complexity index is 1460. The van der Waals surface area contributed by atoms with Crippen molar-refractivity contribution in [2.75, 3.05) is 25.0 Å². The van der Waals surface area contributed by atoms with Crippen LogP contribution in [0.2, 0.25) is 0 Å². The van der Waals surface area contributed by atoms with Crippen LogP contribution >= 0.6 is 0 Å². The van der Waals surface area contributed by atoms with Crippen molar-refractivity contribution in [1.82, 2.24) is 10.2 Å². The van der Waals surface area contributed by atoms with E-state index in [9.17, 15) is 28.1 Å². The van der Waals surface area contributed by atoms with Crippen molar-refractivity contribution in [3.8, 4) is 5.75 Å². The van der Waals surface area contributed by atoms with Crippen LogP contribution in [0.4, 0.5) is 11.4 Å². The summed E-state index contributed by atoms with van der Waals surface area (Å²) in [5, 5.41) is 14.1. The molecule has 11 nitrogen and oxygen atoms in total. The summed E-state index contributed by atoms with van der Waals surface area (Å²) in [7, 11) is -1.54. The van der Waals surface area contributed by atoms with Crippen LogP contribution in [-0.2, 0) is 26.2 Å². The molecule has 0 aliphatic carbocycles. The van der Waals surface area contributed by atoms with Crippen molar-refractivity contribution in [3.05, 3.63) is 94.0 Å². The molecule has 0 bridgehead atoms. The molecule has 0 saturated carbocycles. The predicted molar refractivity (Wildman–Crippen MR) is 150 cm³/mol. The molecule has 0 fully saturated rings. The second kappa shape index (κ2) is 13.1. The van der Waals surface area contributed by atoms with Gasteiger partial charge in [-0.2, -0.15) is 0 Å². The molecule has 0 aliphatic heterocycles. The number of anilines is 1. The third kappa shape index (κ3) is 6.75. The Balaban J connectivity index is 2.11. The Kier molecular flexibility index (Phi) is 9.83. The predicted octanol–water partition coefficient (Wildman–Crippen LogP) is 3.66. The van der Waals surface area contributed by atoms with Crippen LogP contribution in [-0.4, -0.2) is 56.8 Å². The van der Waals surface area contributed by atoms with E-state index >= 15 is 0 Å². The third-order valence-electron chi connectivity index (χ3n) is 6.43. The molecule has 1 atom stereocenters. The molecule has 3 aromatic carbocycles. The number of nitro benzene ring substituents is 1. The summed E-state index contributed by atoms with van der Waals surface area (Å²) in [6.45, 7) is 2.67. The Hall–Kier alpha value is -4.45. The summed E-state index contributed by atoms with van der Waals surface area (Å²) in [4.78, 5) is 38.5. The zero-order chi connectivity index (χ0) is 29.4. The van der Waals surface area contributed by atoms with Gasteiger partial charge in [0.1, 0.15) is 18.3 Å². The van der Waals surface area contributed by atoms with Gasteiger partial charge in [-0.3, -0.25) is 24.0 Å². The zero-order valence-electron chi connectivity index (χ0n) is 22.7. The number of sulfonamides is 1. The highest BCUT2D eigenvalue weighted by Crippen LogP contribution is 2.29. The summed E-state index contributed by atoms with van der Waals surface area (Å²) < 4.78 is 34.0. The van der Waals surface area contributed by atoms with Crippen molar-refractivity contribution in [2.45, 2.75) is 37.8 Å². The number of carbonyl (C=O) groups excluding carboxylic acids is 2. The minimum atomic E-state index is -4.47. The smallest absolute Gasteiger partial charge is 0.273 e. The molecule has 12 heteroatoms. The first-order valence-corrected chi connectivity index (χ1v) is 13.9. The number of nitrogens with one attached hydrogen (secondary N) is 1. The van der Waals surface area contributed by atoms with Gasteiger partial charge in [0.25, 0.3) is 15.7 Å². The van der Waals surface area contributed by atoms with E-state index in [1.54, 1.807) is 43.3 Å². The Morgan fingerprint density at radius 1 is 1.05 bits per heavy atom. The lowest BCUT2D eigenvalue weighted by Gasteiger charge is -2.33. The van der Waals surface area contributed by atoms with Gasteiger partial charge in [0.15, 0.2) is 0 Å². The molecular weight excluding hydrogens is 536 g/mol. The van der Waals surface area contributed by atoms with Gasteiger partial charge in [0.05, 0.1) is 22.6 Å². The average molecular weight is 569 g/mol. The fourth-order valence-electron chi connectivity index (χ4n) is 4.22. The first-order chi connectivity index (χ1) is 19.0. The van der Waals surface area contributed by atoms with Crippen LogP contribution < -0.4 is 14.4 Å². The lowest BCUT2D eigenvalue weighted by atomic mass is 10.1. The molecule has 2 amide bonds. The van der Waals surface area contributed by atoms with Crippen LogP contribution in [0.3, 0.4) is 0 Å². The second-order valence-electron chi connectivity index (χ2n) is 8.96. The zero-order valence-corrected chi connectivity index (χ0v) is 23.6. The molecule has 0 aromatic heterocycles. The summed E-state index contributed by atoms with van der Waals surface area (Å²) >= 11 is 0. The first kappa shape index (κ1) is 30.1. The van der Waals surface area contributed by atoms with Gasteiger partial charge in [0, 0.05) is 25.2 Å². The average Bonchev–Trinajstić information content (AvgIpc) is 2.96. The van der Waals surface area contributed by atoms with Gasteiger partial charge in [-0.25, -0.2) is 8.42 Å². The Morgan fingerprint density at radius 2 is 1.70 bits per heavy atom. The van der Waals surface area contributed by atoms with Crippen molar-refractivity contribution in [3.63, 3.8) is 0 Å². The van der Waals surface area contributed by atoms with Crippen molar-refractivity contribution < 1.29 is 27.7 Å². The first-order valence-electron chi connectivity index (χ1n) is 12.5. The van der Waals surface area contributed by atoms with Gasteiger partial charge in [-0.1, -0.05) is 43.3 Å². The molecule has 0 heterocycles. The van der Waals surface area contributed by atoms with Crippen LogP contribution in [0.5, 0.6) is 5.75 Å². The van der Waals surface area contributed by atoms with Gasteiger partial charge in [-0.15, -0.1) is 0 Å². The SMILES string of the molecule is CCC(C(=O)NC)N(Cc1ccccc1)C(=O)CN(c1ccc(OC)cc1)S(=O)(=O)c1ccc(C)c([N+](=O)[O-])c1. The van der Waals surface area contributed by atoms with E-state index in [4.69, 9.17) is 4.74 Å². The van der Waals surface area contributed by atoms with E-state index < -0.39 is 33.4 Å². The van der Waals surface area contributed by atoms with E-state index in [0.717, 1.165) is 15.9 Å². The third-order valence-corrected chi connectivity index (χ3v) is 8.20. The fraction of sp³-hybridized carbons (Fsp3) is 0.286. The molecular formula is C28H32N4O7S. The molecule has 3 rings (SSSR count). The number of hydrogen-bond acceptors (Lipinski definition) is 7. The lowest BCUT2D eigenvalue weighted by Crippen LogP contribution is -2.51. The Labute approximate surface area is 233 Å². The van der Waals surface area contributed by atoms with E-state index in [1.807, 2.05) is 6.07 Å². The van der Waals surface area contributed by atoms with E-state index in [1.165, 1.54) is 50.2 Å². The maximum atomic E-state index is 13.9. The number of benzene rings is 3. The molecule has 0 saturated heterocycles. The molecule has 3 aromatic rings. The van der Waals surface area contributed by atoms with Crippen LogP contribution in [0.1, 0.15) is 24.5 Å². The molecule has 0 spiro atoms. The normalized spacial score (nSPS) is 11.8. The number of methoxy groups -OCH3 is 1. The van der Waals surface area contributed by atoms with Crippen LogP contribution in [0.25, 0.3) is 0 Å². The lowest BCUT2D eigenvalue weighted by molar-refractivity contribution is -0.385. The molecule has 1 unspecified atom stereocenters. The highest BCUT2D eigenvalue weighted by Gasteiger charge is 2.34. The van der Waals surface area contributed by atoms with Crippen LogP contribution in [0, 0.1) is 17.0 Å². The monoisotopic (exact) mass is 568 g/mol. The van der Waals surface area contributed by atoms with E-state index in [0.29, 0.717) is 11.3 Å². The fourth-order valence-corrected chi connectivity index (χ4v) is 5.65. The highest BCUT2D eigenvalue weighted by molar-refractivity contribution is 7.92. The maximum absolute atomic E-state index is 13.9. The van der Waals surface area contributed by atoms with Crippen molar-refractivity contribution in [2.24, 2.45) is 0 Å². The summed E-state index contributed by atoms with van der Waals surface area (Å²) in [5.41, 5.74) is 0.830. The number of nitrogens with zero attached hydrogens (tertiary/aromatic N) is 3. The van der Waals surface area contributed by atoms with Crippen molar-refractivity contribution in [1.29, 1.82) is 0 Å². The number of amides is 2. The maximum Gasteiger partial charge on any atom is 0.273 e. The van der Waals surface area contributed by atoms with Crippen LogP contribution in [0.15, 0.2) is 77.7 Å². The number of nitro groups is 1. The topological polar surface area (TPSA) is 139 Å². The number of rotatable bonds is 12. The quantitative estimate of drug-likeness (QED) is 0.260.